The van der Waals surface area contributed by atoms with Crippen LogP contribution in [0.2, 0.25) is 0 Å². The van der Waals surface area contributed by atoms with Crippen molar-refractivity contribution in [1.82, 2.24) is 4.90 Å². The minimum absolute atomic E-state index is 0.0202. The molecule has 0 fully saturated rings. The summed E-state index contributed by atoms with van der Waals surface area (Å²) in [5.74, 6) is 0.223. The molecule has 0 unspecified atom stereocenters. The van der Waals surface area contributed by atoms with E-state index in [1.165, 1.54) is 0 Å². The Morgan fingerprint density at radius 3 is 2.65 bits per heavy atom. The van der Waals surface area contributed by atoms with Crippen LogP contribution in [0, 0.1) is 0 Å². The summed E-state index contributed by atoms with van der Waals surface area (Å²) < 4.78 is 0. The number of carbonyl (C=O) groups is 1. The average Bonchev–Trinajstić information content (AvgIpc) is 2.59. The summed E-state index contributed by atoms with van der Waals surface area (Å²) in [7, 11) is 0. The first-order chi connectivity index (χ1) is 8.22. The largest absolute Gasteiger partial charge is 0.510 e. The maximum atomic E-state index is 12.0. The third-order valence-corrected chi connectivity index (χ3v) is 2.95. The fourth-order valence-corrected chi connectivity index (χ4v) is 2.10. The molecule has 1 heterocycles. The molecule has 1 aliphatic rings. The number of aliphatic hydroxyl groups excluding tert-OH is 1. The van der Waals surface area contributed by atoms with Gasteiger partial charge in [0.05, 0.1) is 12.1 Å². The molecule has 3 nitrogen and oxygen atoms in total. The van der Waals surface area contributed by atoms with Crippen LogP contribution in [-0.4, -0.2) is 22.5 Å². The number of amides is 1. The lowest BCUT2D eigenvalue weighted by molar-refractivity contribution is -0.126. The van der Waals surface area contributed by atoms with Gasteiger partial charge in [-0.3, -0.25) is 4.79 Å². The molecule has 0 aromatic heterocycles. The molecule has 1 amide bonds. The molecule has 1 aromatic carbocycles. The van der Waals surface area contributed by atoms with Crippen molar-refractivity contribution in [1.29, 1.82) is 0 Å². The minimum Gasteiger partial charge on any atom is -0.510 e. The second kappa shape index (κ2) is 5.04. The van der Waals surface area contributed by atoms with Crippen LogP contribution in [0.15, 0.2) is 41.7 Å². The van der Waals surface area contributed by atoms with Gasteiger partial charge in [0, 0.05) is 6.54 Å². The Morgan fingerprint density at radius 2 is 2.00 bits per heavy atom. The van der Waals surface area contributed by atoms with Crippen LogP contribution in [-0.2, 0) is 11.3 Å². The van der Waals surface area contributed by atoms with E-state index in [1.54, 1.807) is 4.90 Å². The standard InChI is InChI=1S/C14H17NO2/c1-2-6-12-13(16)10-15(14(12)17)9-11-7-4-3-5-8-11/h3-5,7-8,16H,2,6,9-10H2,1H3. The third-order valence-electron chi connectivity index (χ3n) is 2.95. The Labute approximate surface area is 101 Å². The van der Waals surface area contributed by atoms with Crippen molar-refractivity contribution in [3.63, 3.8) is 0 Å². The smallest absolute Gasteiger partial charge is 0.253 e. The number of hydrogen-bond acceptors (Lipinski definition) is 2. The Kier molecular flexibility index (Phi) is 3.47. The van der Waals surface area contributed by atoms with E-state index in [0.29, 0.717) is 25.1 Å². The maximum absolute atomic E-state index is 12.0. The highest BCUT2D eigenvalue weighted by Gasteiger charge is 2.29. The number of carbonyl (C=O) groups excluding carboxylic acids is 1. The van der Waals surface area contributed by atoms with Crippen LogP contribution in [0.5, 0.6) is 0 Å². The number of nitrogens with zero attached hydrogens (tertiary/aromatic N) is 1. The van der Waals surface area contributed by atoms with Gasteiger partial charge in [0.2, 0.25) is 0 Å². The van der Waals surface area contributed by atoms with E-state index in [9.17, 15) is 9.90 Å². The summed E-state index contributed by atoms with van der Waals surface area (Å²) in [5.41, 5.74) is 1.68. The molecular weight excluding hydrogens is 214 g/mol. The zero-order valence-electron chi connectivity index (χ0n) is 10.0. The summed E-state index contributed by atoms with van der Waals surface area (Å²) in [5, 5.41) is 9.76. The molecule has 0 saturated heterocycles. The highest BCUT2D eigenvalue weighted by Crippen LogP contribution is 2.22. The average molecular weight is 231 g/mol. The van der Waals surface area contributed by atoms with Gasteiger partial charge in [-0.05, 0) is 12.0 Å². The quantitative estimate of drug-likeness (QED) is 0.865. The summed E-state index contributed by atoms with van der Waals surface area (Å²) in [6.07, 6.45) is 1.54. The molecule has 0 saturated carbocycles. The van der Waals surface area contributed by atoms with Crippen molar-refractivity contribution in [3.8, 4) is 0 Å². The monoisotopic (exact) mass is 231 g/mol. The number of rotatable bonds is 4. The molecule has 1 N–H and O–H groups in total. The Hall–Kier alpha value is -1.77. The van der Waals surface area contributed by atoms with Crippen LogP contribution in [0.3, 0.4) is 0 Å². The maximum Gasteiger partial charge on any atom is 0.253 e. The molecule has 0 radical (unpaired) electrons. The molecule has 0 bridgehead atoms. The van der Waals surface area contributed by atoms with Crippen molar-refractivity contribution in [2.75, 3.05) is 6.54 Å². The second-order valence-corrected chi connectivity index (χ2v) is 4.32. The fraction of sp³-hybridized carbons (Fsp3) is 0.357. The Morgan fingerprint density at radius 1 is 1.29 bits per heavy atom. The SMILES string of the molecule is CCCC1=C(O)CN(Cc2ccccc2)C1=O. The highest BCUT2D eigenvalue weighted by molar-refractivity contribution is 5.96. The first kappa shape index (κ1) is 11.7. The zero-order chi connectivity index (χ0) is 12.3. The van der Waals surface area contributed by atoms with E-state index in [2.05, 4.69) is 0 Å². The van der Waals surface area contributed by atoms with Crippen LogP contribution in [0.4, 0.5) is 0 Å². The molecular formula is C14H17NO2. The second-order valence-electron chi connectivity index (χ2n) is 4.32. The van der Waals surface area contributed by atoms with Gasteiger partial charge in [0.1, 0.15) is 5.76 Å². The normalized spacial score (nSPS) is 15.8. The van der Waals surface area contributed by atoms with Gasteiger partial charge in [-0.25, -0.2) is 0 Å². The van der Waals surface area contributed by atoms with E-state index >= 15 is 0 Å². The summed E-state index contributed by atoms with van der Waals surface area (Å²) >= 11 is 0. The van der Waals surface area contributed by atoms with E-state index < -0.39 is 0 Å². The first-order valence-electron chi connectivity index (χ1n) is 5.96. The fourth-order valence-electron chi connectivity index (χ4n) is 2.10. The Balaban J connectivity index is 2.05. The van der Waals surface area contributed by atoms with Crippen molar-refractivity contribution >= 4 is 5.91 Å². The zero-order valence-corrected chi connectivity index (χ0v) is 10.0. The van der Waals surface area contributed by atoms with Crippen molar-refractivity contribution in [3.05, 3.63) is 47.2 Å². The van der Waals surface area contributed by atoms with Crippen LogP contribution >= 0.6 is 0 Å². The van der Waals surface area contributed by atoms with Crippen LogP contribution in [0.25, 0.3) is 0 Å². The lowest BCUT2D eigenvalue weighted by Gasteiger charge is -2.16. The van der Waals surface area contributed by atoms with Gasteiger partial charge in [-0.2, -0.15) is 0 Å². The lowest BCUT2D eigenvalue weighted by atomic mass is 10.1. The number of benzene rings is 1. The molecule has 0 aliphatic carbocycles. The van der Waals surface area contributed by atoms with E-state index in [0.717, 1.165) is 12.0 Å². The van der Waals surface area contributed by atoms with Crippen molar-refractivity contribution in [2.24, 2.45) is 0 Å². The van der Waals surface area contributed by atoms with Crippen molar-refractivity contribution < 1.29 is 9.90 Å². The number of aliphatic hydroxyl groups is 1. The molecule has 2 rings (SSSR count). The third kappa shape index (κ3) is 2.49. The van der Waals surface area contributed by atoms with E-state index in [-0.39, 0.29) is 11.7 Å². The van der Waals surface area contributed by atoms with Gasteiger partial charge in [-0.1, -0.05) is 43.7 Å². The van der Waals surface area contributed by atoms with Gasteiger partial charge >= 0.3 is 0 Å². The molecule has 0 spiro atoms. The van der Waals surface area contributed by atoms with E-state index in [1.807, 2.05) is 37.3 Å². The molecule has 1 aliphatic heterocycles. The molecule has 3 heteroatoms. The summed E-state index contributed by atoms with van der Waals surface area (Å²) in [4.78, 5) is 13.7. The highest BCUT2D eigenvalue weighted by atomic mass is 16.3. The van der Waals surface area contributed by atoms with Gasteiger partial charge in [0.25, 0.3) is 5.91 Å². The minimum atomic E-state index is -0.0202. The summed E-state index contributed by atoms with van der Waals surface area (Å²) in [6.45, 7) is 2.92. The Bertz CT molecular complexity index is 437. The molecule has 1 aromatic rings. The topological polar surface area (TPSA) is 40.5 Å². The first-order valence-corrected chi connectivity index (χ1v) is 5.96. The predicted octanol–water partition coefficient (Wildman–Crippen LogP) is 2.64. The van der Waals surface area contributed by atoms with Crippen LogP contribution in [0.1, 0.15) is 25.3 Å². The van der Waals surface area contributed by atoms with Crippen molar-refractivity contribution in [2.45, 2.75) is 26.3 Å². The van der Waals surface area contributed by atoms with Gasteiger partial charge in [0.15, 0.2) is 0 Å². The molecule has 90 valence electrons. The predicted molar refractivity (Wildman–Crippen MR) is 66.4 cm³/mol. The number of hydrogen-bond donors (Lipinski definition) is 1. The lowest BCUT2D eigenvalue weighted by Crippen LogP contribution is -2.26. The summed E-state index contributed by atoms with van der Waals surface area (Å²) in [6, 6.07) is 9.84. The van der Waals surface area contributed by atoms with E-state index in [4.69, 9.17) is 0 Å². The van der Waals surface area contributed by atoms with Gasteiger partial charge in [-0.15, -0.1) is 0 Å². The van der Waals surface area contributed by atoms with Crippen LogP contribution < -0.4 is 0 Å². The van der Waals surface area contributed by atoms with Gasteiger partial charge < -0.3 is 10.0 Å². The molecule has 0 atom stereocenters. The molecule has 17 heavy (non-hydrogen) atoms.